The number of rotatable bonds is 3. The fraction of sp³-hybridized carbons (Fsp3) is 0.923. The highest BCUT2D eigenvalue weighted by atomic mass is 16.4. The first-order valence-electron chi connectivity index (χ1n) is 6.75. The van der Waals surface area contributed by atoms with Gasteiger partial charge in [-0.25, -0.2) is 0 Å². The first-order valence-corrected chi connectivity index (χ1v) is 6.75. The molecular weight excluding hydrogens is 216 g/mol. The van der Waals surface area contributed by atoms with Gasteiger partial charge in [-0.2, -0.15) is 0 Å². The molecule has 0 spiro atoms. The summed E-state index contributed by atoms with van der Waals surface area (Å²) in [7, 11) is 0. The Hall–Kier alpha value is -0.610. The Bertz CT molecular complexity index is 277. The zero-order chi connectivity index (χ0) is 12.5. The minimum atomic E-state index is -0.615. The molecule has 4 nitrogen and oxygen atoms in total. The summed E-state index contributed by atoms with van der Waals surface area (Å²) < 4.78 is 0. The molecular formula is C13H24N2O2. The topological polar surface area (TPSA) is 52.6 Å². The maximum atomic E-state index is 11.6. The molecule has 4 heteroatoms. The van der Waals surface area contributed by atoms with Gasteiger partial charge in [-0.3, -0.25) is 9.69 Å². The van der Waals surface area contributed by atoms with Crippen LogP contribution in [0, 0.1) is 11.8 Å². The molecule has 2 rings (SSSR count). The number of nitrogens with zero attached hydrogens (tertiary/aromatic N) is 1. The number of hydrogen-bond donors (Lipinski definition) is 2. The van der Waals surface area contributed by atoms with Crippen molar-refractivity contribution in [2.75, 3.05) is 26.2 Å². The first kappa shape index (κ1) is 12.8. The third-order valence-electron chi connectivity index (χ3n) is 4.49. The maximum Gasteiger partial charge on any atom is 0.324 e. The Morgan fingerprint density at radius 3 is 2.65 bits per heavy atom. The van der Waals surface area contributed by atoms with E-state index in [2.05, 4.69) is 24.1 Å². The quantitative estimate of drug-likeness (QED) is 0.777. The summed E-state index contributed by atoms with van der Waals surface area (Å²) in [6.45, 7) is 8.11. The summed E-state index contributed by atoms with van der Waals surface area (Å²) in [4.78, 5) is 13.8. The number of carbonyl (C=O) groups is 1. The van der Waals surface area contributed by atoms with Gasteiger partial charge in [0.25, 0.3) is 0 Å². The highest BCUT2D eigenvalue weighted by molar-refractivity contribution is 5.80. The van der Waals surface area contributed by atoms with E-state index in [1.165, 1.54) is 0 Å². The van der Waals surface area contributed by atoms with Gasteiger partial charge in [0.15, 0.2) is 0 Å². The van der Waals surface area contributed by atoms with E-state index in [-0.39, 0.29) is 0 Å². The van der Waals surface area contributed by atoms with Crippen molar-refractivity contribution in [1.82, 2.24) is 10.2 Å². The number of carboxylic acid groups (broad SMARTS) is 1. The van der Waals surface area contributed by atoms with Crippen LogP contribution in [0.2, 0.25) is 0 Å². The molecule has 0 aromatic carbocycles. The lowest BCUT2D eigenvalue weighted by Gasteiger charge is -2.52. The number of nitrogens with one attached hydrogen (secondary N) is 1. The van der Waals surface area contributed by atoms with E-state index in [0.717, 1.165) is 45.4 Å². The number of carboxylic acids is 1. The van der Waals surface area contributed by atoms with E-state index >= 15 is 0 Å². The predicted molar refractivity (Wildman–Crippen MR) is 67.0 cm³/mol. The lowest BCUT2D eigenvalue weighted by atomic mass is 9.63. The largest absolute Gasteiger partial charge is 0.480 e. The second-order valence-electron chi connectivity index (χ2n) is 5.84. The van der Waals surface area contributed by atoms with Crippen LogP contribution >= 0.6 is 0 Å². The third kappa shape index (κ3) is 2.33. The summed E-state index contributed by atoms with van der Waals surface area (Å²) in [5.74, 6) is 0.575. The number of aliphatic carboxylic acids is 1. The van der Waals surface area contributed by atoms with Crippen molar-refractivity contribution in [2.24, 2.45) is 11.8 Å². The van der Waals surface area contributed by atoms with Crippen LogP contribution < -0.4 is 5.32 Å². The molecule has 0 bridgehead atoms. The number of hydrogen-bond acceptors (Lipinski definition) is 3. The lowest BCUT2D eigenvalue weighted by molar-refractivity contribution is -0.164. The van der Waals surface area contributed by atoms with Crippen LogP contribution in [0.1, 0.15) is 33.1 Å². The van der Waals surface area contributed by atoms with Gasteiger partial charge in [0.05, 0.1) is 0 Å². The molecule has 98 valence electrons. The molecule has 17 heavy (non-hydrogen) atoms. The van der Waals surface area contributed by atoms with Gasteiger partial charge in [-0.15, -0.1) is 0 Å². The monoisotopic (exact) mass is 240 g/mol. The molecule has 0 atom stereocenters. The Balaban J connectivity index is 2.05. The summed E-state index contributed by atoms with van der Waals surface area (Å²) in [5.41, 5.74) is -0.555. The molecule has 0 radical (unpaired) electrons. The van der Waals surface area contributed by atoms with Gasteiger partial charge in [-0.1, -0.05) is 13.8 Å². The highest BCUT2D eigenvalue weighted by Gasteiger charge is 2.54. The van der Waals surface area contributed by atoms with Crippen molar-refractivity contribution < 1.29 is 9.90 Å². The van der Waals surface area contributed by atoms with Gasteiger partial charge in [-0.05, 0) is 37.6 Å². The summed E-state index contributed by atoms with van der Waals surface area (Å²) >= 11 is 0. The van der Waals surface area contributed by atoms with Gasteiger partial charge >= 0.3 is 5.97 Å². The predicted octanol–water partition coefficient (Wildman–Crippen LogP) is 1.17. The molecule has 2 fully saturated rings. The Labute approximate surface area is 103 Å². The van der Waals surface area contributed by atoms with E-state index in [0.29, 0.717) is 11.8 Å². The second-order valence-corrected chi connectivity index (χ2v) is 5.84. The molecule has 1 heterocycles. The zero-order valence-corrected chi connectivity index (χ0v) is 10.9. The van der Waals surface area contributed by atoms with E-state index in [9.17, 15) is 9.90 Å². The molecule has 0 aromatic rings. The van der Waals surface area contributed by atoms with E-state index < -0.39 is 11.5 Å². The van der Waals surface area contributed by atoms with Crippen LogP contribution in [-0.4, -0.2) is 47.7 Å². The van der Waals surface area contributed by atoms with E-state index in [1.54, 1.807) is 0 Å². The van der Waals surface area contributed by atoms with Crippen LogP contribution in [0.25, 0.3) is 0 Å². The molecule has 0 aromatic heterocycles. The van der Waals surface area contributed by atoms with E-state index in [1.807, 2.05) is 0 Å². The van der Waals surface area contributed by atoms with Crippen LogP contribution in [-0.2, 0) is 4.79 Å². The van der Waals surface area contributed by atoms with Crippen molar-refractivity contribution >= 4 is 5.97 Å². The summed E-state index contributed by atoms with van der Waals surface area (Å²) in [6, 6.07) is 0. The molecule has 1 saturated carbocycles. The van der Waals surface area contributed by atoms with Crippen LogP contribution in [0.5, 0.6) is 0 Å². The van der Waals surface area contributed by atoms with Crippen molar-refractivity contribution in [3.8, 4) is 0 Å². The van der Waals surface area contributed by atoms with E-state index in [4.69, 9.17) is 0 Å². The van der Waals surface area contributed by atoms with Crippen LogP contribution in [0.4, 0.5) is 0 Å². The first-order chi connectivity index (χ1) is 8.06. The highest BCUT2D eigenvalue weighted by Crippen LogP contribution is 2.46. The van der Waals surface area contributed by atoms with Gasteiger partial charge in [0.1, 0.15) is 5.54 Å². The summed E-state index contributed by atoms with van der Waals surface area (Å²) in [5, 5.41) is 12.9. The molecule has 0 amide bonds. The minimum Gasteiger partial charge on any atom is -0.480 e. The second kappa shape index (κ2) is 4.94. The van der Waals surface area contributed by atoms with Gasteiger partial charge in [0, 0.05) is 19.6 Å². The lowest BCUT2D eigenvalue weighted by Crippen LogP contribution is -2.63. The zero-order valence-electron chi connectivity index (χ0n) is 10.9. The average Bonchev–Trinajstić information content (AvgIpc) is 2.43. The average molecular weight is 240 g/mol. The van der Waals surface area contributed by atoms with Crippen molar-refractivity contribution in [1.29, 1.82) is 0 Å². The third-order valence-corrected chi connectivity index (χ3v) is 4.49. The molecule has 2 N–H and O–H groups in total. The standard InChI is InChI=1S/C13H24N2O2/c1-10(2)11-8-13(9-11,12(16)17)15-6-3-4-14-5-7-15/h10-11,14H,3-9H2,1-2H3,(H,16,17). The molecule has 1 saturated heterocycles. The van der Waals surface area contributed by atoms with Crippen LogP contribution in [0.3, 0.4) is 0 Å². The Kier molecular flexibility index (Phi) is 3.73. The molecule has 2 aliphatic rings. The van der Waals surface area contributed by atoms with Crippen molar-refractivity contribution in [3.05, 3.63) is 0 Å². The smallest absolute Gasteiger partial charge is 0.324 e. The van der Waals surface area contributed by atoms with Crippen LogP contribution in [0.15, 0.2) is 0 Å². The summed E-state index contributed by atoms with van der Waals surface area (Å²) in [6.07, 6.45) is 2.72. The van der Waals surface area contributed by atoms with Crippen molar-refractivity contribution in [3.63, 3.8) is 0 Å². The fourth-order valence-corrected chi connectivity index (χ4v) is 3.12. The normalized spacial score (nSPS) is 35.4. The molecule has 1 aliphatic heterocycles. The molecule has 0 unspecified atom stereocenters. The van der Waals surface area contributed by atoms with Gasteiger partial charge in [0.2, 0.25) is 0 Å². The SMILES string of the molecule is CC(C)C1CC(C(=O)O)(N2CCCNCC2)C1. The molecule has 1 aliphatic carbocycles. The fourth-order valence-electron chi connectivity index (χ4n) is 3.12. The Morgan fingerprint density at radius 1 is 1.35 bits per heavy atom. The Morgan fingerprint density at radius 2 is 2.06 bits per heavy atom. The maximum absolute atomic E-state index is 11.6. The van der Waals surface area contributed by atoms with Gasteiger partial charge < -0.3 is 10.4 Å². The minimum absolute atomic E-state index is 0.555. The van der Waals surface area contributed by atoms with Crippen molar-refractivity contribution in [2.45, 2.75) is 38.6 Å².